The van der Waals surface area contributed by atoms with Crippen molar-refractivity contribution in [2.75, 3.05) is 19.8 Å². The van der Waals surface area contributed by atoms with Crippen molar-refractivity contribution >= 4 is 0 Å². The highest BCUT2D eigenvalue weighted by Gasteiger charge is 2.08. The van der Waals surface area contributed by atoms with E-state index in [4.69, 9.17) is 4.74 Å². The molecule has 0 amide bonds. The average Bonchev–Trinajstić information content (AvgIpc) is 2.42. The Bertz CT molecular complexity index is 286. The summed E-state index contributed by atoms with van der Waals surface area (Å²) in [6.07, 6.45) is 4.65. The van der Waals surface area contributed by atoms with E-state index in [0.717, 1.165) is 32.6 Å². The smallest absolute Gasteiger partial charge is 0.0466 e. The first-order valence-electron chi connectivity index (χ1n) is 7.24. The lowest BCUT2D eigenvalue weighted by Gasteiger charge is -2.18. The van der Waals surface area contributed by atoms with Gasteiger partial charge in [-0.1, -0.05) is 50.6 Å². The monoisotopic (exact) mass is 249 g/mol. The Kier molecular flexibility index (Phi) is 8.53. The van der Waals surface area contributed by atoms with Gasteiger partial charge in [-0.2, -0.15) is 0 Å². The zero-order valence-corrected chi connectivity index (χ0v) is 11.8. The Hall–Kier alpha value is -0.860. The van der Waals surface area contributed by atoms with E-state index in [2.05, 4.69) is 49.5 Å². The van der Waals surface area contributed by atoms with E-state index in [1.807, 2.05) is 0 Å². The molecule has 0 aliphatic heterocycles. The number of hydrogen-bond donors (Lipinski definition) is 1. The molecule has 0 saturated carbocycles. The molecular weight excluding hydrogens is 222 g/mol. The highest BCUT2D eigenvalue weighted by atomic mass is 16.5. The number of unbranched alkanes of at least 4 members (excludes halogenated alkanes) is 1. The third-order valence-electron chi connectivity index (χ3n) is 3.08. The van der Waals surface area contributed by atoms with Crippen LogP contribution in [-0.4, -0.2) is 19.8 Å². The van der Waals surface area contributed by atoms with Crippen molar-refractivity contribution in [1.29, 1.82) is 0 Å². The molecule has 0 radical (unpaired) electrons. The van der Waals surface area contributed by atoms with E-state index in [1.165, 1.54) is 18.4 Å². The highest BCUT2D eigenvalue weighted by molar-refractivity contribution is 5.18. The lowest BCUT2D eigenvalue weighted by Crippen LogP contribution is -2.21. The van der Waals surface area contributed by atoms with Gasteiger partial charge in [0.05, 0.1) is 0 Å². The molecule has 0 bridgehead atoms. The average molecular weight is 249 g/mol. The molecule has 102 valence electrons. The van der Waals surface area contributed by atoms with Gasteiger partial charge in [-0.25, -0.2) is 0 Å². The van der Waals surface area contributed by atoms with Gasteiger partial charge in [0.2, 0.25) is 0 Å². The molecule has 0 aliphatic carbocycles. The van der Waals surface area contributed by atoms with Crippen molar-refractivity contribution in [2.24, 2.45) is 0 Å². The first-order chi connectivity index (χ1) is 8.88. The molecule has 0 aliphatic rings. The maximum Gasteiger partial charge on any atom is 0.0466 e. The van der Waals surface area contributed by atoms with Crippen LogP contribution in [0.1, 0.15) is 51.1 Å². The second-order valence-electron chi connectivity index (χ2n) is 4.63. The van der Waals surface area contributed by atoms with E-state index in [9.17, 15) is 0 Å². The lowest BCUT2D eigenvalue weighted by atomic mass is 10.0. The summed E-state index contributed by atoms with van der Waals surface area (Å²) in [6, 6.07) is 11.2. The summed E-state index contributed by atoms with van der Waals surface area (Å²) in [5.74, 6) is 0. The van der Waals surface area contributed by atoms with Crippen LogP contribution in [-0.2, 0) is 4.74 Å². The van der Waals surface area contributed by atoms with Crippen LogP contribution in [0.15, 0.2) is 30.3 Å². The summed E-state index contributed by atoms with van der Waals surface area (Å²) < 4.78 is 5.61. The number of benzene rings is 1. The lowest BCUT2D eigenvalue weighted by molar-refractivity contribution is 0.125. The molecule has 2 heteroatoms. The van der Waals surface area contributed by atoms with E-state index in [-0.39, 0.29) is 0 Å². The number of ether oxygens (including phenoxy) is 1. The van der Waals surface area contributed by atoms with Crippen molar-refractivity contribution < 1.29 is 4.74 Å². The van der Waals surface area contributed by atoms with Gasteiger partial charge in [0.15, 0.2) is 0 Å². The number of rotatable bonds is 10. The van der Waals surface area contributed by atoms with E-state index in [0.29, 0.717) is 6.04 Å². The van der Waals surface area contributed by atoms with Crippen molar-refractivity contribution in [2.45, 2.75) is 45.6 Å². The van der Waals surface area contributed by atoms with Crippen LogP contribution in [0, 0.1) is 0 Å². The molecule has 0 saturated heterocycles. The summed E-state index contributed by atoms with van der Waals surface area (Å²) in [6.45, 7) is 7.16. The first kappa shape index (κ1) is 15.2. The summed E-state index contributed by atoms with van der Waals surface area (Å²) in [4.78, 5) is 0. The predicted octanol–water partition coefficient (Wildman–Crippen LogP) is 3.93. The van der Waals surface area contributed by atoms with E-state index in [1.54, 1.807) is 0 Å². The van der Waals surface area contributed by atoms with Gasteiger partial charge < -0.3 is 10.1 Å². The molecule has 18 heavy (non-hydrogen) atoms. The van der Waals surface area contributed by atoms with Crippen molar-refractivity contribution in [3.8, 4) is 0 Å². The molecular formula is C16H27NO. The fourth-order valence-electron chi connectivity index (χ4n) is 2.06. The van der Waals surface area contributed by atoms with Gasteiger partial charge in [0.25, 0.3) is 0 Å². The van der Waals surface area contributed by atoms with E-state index < -0.39 is 0 Å². The van der Waals surface area contributed by atoms with Crippen molar-refractivity contribution in [3.05, 3.63) is 35.9 Å². The third kappa shape index (κ3) is 6.18. The molecule has 1 aromatic carbocycles. The SMILES string of the molecule is CCCCOCCCC(NCC)c1ccccc1. The molecule has 2 nitrogen and oxygen atoms in total. The first-order valence-corrected chi connectivity index (χ1v) is 7.24. The molecule has 1 rings (SSSR count). The summed E-state index contributed by atoms with van der Waals surface area (Å²) >= 11 is 0. The van der Waals surface area contributed by atoms with Crippen LogP contribution in [0.25, 0.3) is 0 Å². The maximum atomic E-state index is 5.61. The van der Waals surface area contributed by atoms with Crippen LogP contribution in [0.2, 0.25) is 0 Å². The summed E-state index contributed by atoms with van der Waals surface area (Å²) in [5.41, 5.74) is 1.38. The molecule has 0 aromatic heterocycles. The van der Waals surface area contributed by atoms with Gasteiger partial charge in [-0.15, -0.1) is 0 Å². The standard InChI is InChI=1S/C16H27NO/c1-3-5-13-18-14-9-12-16(17-4-2)15-10-7-6-8-11-15/h6-8,10-11,16-17H,3-5,9,12-14H2,1-2H3. The molecule has 0 spiro atoms. The normalized spacial score (nSPS) is 12.6. The second-order valence-corrected chi connectivity index (χ2v) is 4.63. The highest BCUT2D eigenvalue weighted by Crippen LogP contribution is 2.17. The summed E-state index contributed by atoms with van der Waals surface area (Å²) in [7, 11) is 0. The van der Waals surface area contributed by atoms with E-state index >= 15 is 0 Å². The van der Waals surface area contributed by atoms with Gasteiger partial charge in [-0.3, -0.25) is 0 Å². The van der Waals surface area contributed by atoms with Crippen LogP contribution >= 0.6 is 0 Å². The zero-order valence-electron chi connectivity index (χ0n) is 11.8. The maximum absolute atomic E-state index is 5.61. The van der Waals surface area contributed by atoms with Crippen molar-refractivity contribution in [3.63, 3.8) is 0 Å². The Morgan fingerprint density at radius 3 is 2.44 bits per heavy atom. The van der Waals surface area contributed by atoms with Gasteiger partial charge in [-0.05, 0) is 31.4 Å². The Labute approximate surface area is 112 Å². The van der Waals surface area contributed by atoms with Gasteiger partial charge in [0, 0.05) is 19.3 Å². The molecule has 1 N–H and O–H groups in total. The van der Waals surface area contributed by atoms with Crippen LogP contribution in [0.4, 0.5) is 0 Å². The Morgan fingerprint density at radius 1 is 1.06 bits per heavy atom. The fraction of sp³-hybridized carbons (Fsp3) is 0.625. The minimum absolute atomic E-state index is 0.464. The van der Waals surface area contributed by atoms with Crippen molar-refractivity contribution in [1.82, 2.24) is 5.32 Å². The summed E-state index contributed by atoms with van der Waals surface area (Å²) in [5, 5.41) is 3.55. The molecule has 1 unspecified atom stereocenters. The van der Waals surface area contributed by atoms with Gasteiger partial charge in [0.1, 0.15) is 0 Å². The zero-order chi connectivity index (χ0) is 13.1. The largest absolute Gasteiger partial charge is 0.381 e. The minimum Gasteiger partial charge on any atom is -0.381 e. The Morgan fingerprint density at radius 2 is 1.78 bits per heavy atom. The molecule has 0 fully saturated rings. The van der Waals surface area contributed by atoms with Gasteiger partial charge >= 0.3 is 0 Å². The quantitative estimate of drug-likeness (QED) is 0.634. The molecule has 1 aromatic rings. The minimum atomic E-state index is 0.464. The second kappa shape index (κ2) is 10.1. The molecule has 1 atom stereocenters. The third-order valence-corrected chi connectivity index (χ3v) is 3.08. The predicted molar refractivity (Wildman–Crippen MR) is 77.8 cm³/mol. The number of nitrogens with one attached hydrogen (secondary N) is 1. The topological polar surface area (TPSA) is 21.3 Å². The fourth-order valence-corrected chi connectivity index (χ4v) is 2.06. The number of hydrogen-bond acceptors (Lipinski definition) is 2. The molecule has 0 heterocycles. The van der Waals surface area contributed by atoms with Crippen LogP contribution in [0.5, 0.6) is 0 Å². The van der Waals surface area contributed by atoms with Crippen LogP contribution < -0.4 is 5.32 Å². The van der Waals surface area contributed by atoms with Crippen LogP contribution in [0.3, 0.4) is 0 Å². The Balaban J connectivity index is 2.26.